The van der Waals surface area contributed by atoms with Crippen molar-refractivity contribution in [3.63, 3.8) is 0 Å². The van der Waals surface area contributed by atoms with E-state index in [0.29, 0.717) is 12.5 Å². The minimum Gasteiger partial charge on any atom is -0.465 e. The zero-order valence-corrected chi connectivity index (χ0v) is 11.1. The highest BCUT2D eigenvalue weighted by Crippen LogP contribution is 2.49. The molecule has 0 heterocycles. The topological polar surface area (TPSA) is 52.3 Å². The highest BCUT2D eigenvalue weighted by molar-refractivity contribution is 5.86. The maximum Gasteiger partial charge on any atom is 0.316 e. The van der Waals surface area contributed by atoms with E-state index in [1.165, 1.54) is 0 Å². The highest BCUT2D eigenvalue weighted by atomic mass is 16.5. The highest BCUT2D eigenvalue weighted by Gasteiger charge is 2.52. The number of hydrogen-bond acceptors (Lipinski definition) is 3. The van der Waals surface area contributed by atoms with Crippen molar-refractivity contribution in [1.29, 1.82) is 0 Å². The minimum absolute atomic E-state index is 0.0760. The first-order chi connectivity index (χ1) is 8.54. The summed E-state index contributed by atoms with van der Waals surface area (Å²) in [5, 5.41) is 0. The van der Waals surface area contributed by atoms with Crippen LogP contribution >= 0.6 is 0 Å². The molecule has 1 aromatic rings. The molecule has 2 rings (SSSR count). The number of carbonyl (C=O) groups excluding carboxylic acids is 1. The van der Waals surface area contributed by atoms with Gasteiger partial charge in [-0.15, -0.1) is 0 Å². The molecule has 18 heavy (non-hydrogen) atoms. The van der Waals surface area contributed by atoms with Gasteiger partial charge < -0.3 is 10.5 Å². The van der Waals surface area contributed by atoms with Crippen LogP contribution in [0.15, 0.2) is 24.3 Å². The van der Waals surface area contributed by atoms with Crippen LogP contribution in [0.2, 0.25) is 0 Å². The van der Waals surface area contributed by atoms with E-state index in [9.17, 15) is 4.79 Å². The number of nitrogen functional groups attached to an aromatic ring is 1. The summed E-state index contributed by atoms with van der Waals surface area (Å²) < 4.78 is 5.39. The number of ether oxygens (including phenoxy) is 1. The Morgan fingerprint density at radius 1 is 1.33 bits per heavy atom. The Morgan fingerprint density at radius 2 is 1.94 bits per heavy atom. The fourth-order valence-electron chi connectivity index (χ4n) is 2.06. The van der Waals surface area contributed by atoms with Crippen LogP contribution in [0.25, 0.3) is 0 Å². The van der Waals surface area contributed by atoms with Gasteiger partial charge in [-0.3, -0.25) is 4.79 Å². The molecule has 1 aliphatic rings. The molecule has 1 fully saturated rings. The second-order valence-electron chi connectivity index (χ2n) is 5.52. The quantitative estimate of drug-likeness (QED) is 0.643. The molecule has 0 bridgehead atoms. The molecule has 2 N–H and O–H groups in total. The molecule has 1 aromatic carbocycles. The Kier molecular flexibility index (Phi) is 3.60. The van der Waals surface area contributed by atoms with Crippen LogP contribution in [0.4, 0.5) is 5.69 Å². The van der Waals surface area contributed by atoms with E-state index in [2.05, 4.69) is 13.8 Å². The molecule has 0 spiro atoms. The Morgan fingerprint density at radius 3 is 2.44 bits per heavy atom. The van der Waals surface area contributed by atoms with E-state index in [4.69, 9.17) is 10.5 Å². The monoisotopic (exact) mass is 247 g/mol. The number of esters is 1. The van der Waals surface area contributed by atoms with Gasteiger partial charge in [0.1, 0.15) is 0 Å². The third-order valence-electron chi connectivity index (χ3n) is 3.53. The first kappa shape index (κ1) is 12.9. The van der Waals surface area contributed by atoms with Crippen LogP contribution in [0.1, 0.15) is 38.7 Å². The van der Waals surface area contributed by atoms with Crippen molar-refractivity contribution in [3.05, 3.63) is 29.8 Å². The van der Waals surface area contributed by atoms with Crippen LogP contribution in [-0.4, -0.2) is 12.6 Å². The summed E-state index contributed by atoms with van der Waals surface area (Å²) in [6.45, 7) is 4.77. The van der Waals surface area contributed by atoms with Crippen LogP contribution in [0.5, 0.6) is 0 Å². The van der Waals surface area contributed by atoms with Crippen molar-refractivity contribution >= 4 is 11.7 Å². The van der Waals surface area contributed by atoms with Crippen molar-refractivity contribution in [3.8, 4) is 0 Å². The number of anilines is 1. The number of hydrogen-bond donors (Lipinski definition) is 1. The van der Waals surface area contributed by atoms with Gasteiger partial charge >= 0.3 is 5.97 Å². The third kappa shape index (κ3) is 2.66. The van der Waals surface area contributed by atoms with Crippen LogP contribution < -0.4 is 5.73 Å². The maximum atomic E-state index is 12.1. The molecule has 3 nitrogen and oxygen atoms in total. The van der Waals surface area contributed by atoms with Gasteiger partial charge in [0.2, 0.25) is 0 Å². The normalized spacial score (nSPS) is 16.6. The molecule has 0 unspecified atom stereocenters. The van der Waals surface area contributed by atoms with E-state index in [0.717, 1.165) is 30.5 Å². The largest absolute Gasteiger partial charge is 0.465 e. The lowest BCUT2D eigenvalue weighted by Crippen LogP contribution is -2.24. The average molecular weight is 247 g/mol. The molecular formula is C15H21NO2. The molecule has 0 saturated heterocycles. The summed E-state index contributed by atoms with van der Waals surface area (Å²) in [5.74, 6) is 0.484. The van der Waals surface area contributed by atoms with Crippen molar-refractivity contribution < 1.29 is 9.53 Å². The fourth-order valence-corrected chi connectivity index (χ4v) is 2.06. The summed E-state index contributed by atoms with van der Waals surface area (Å²) in [6, 6.07) is 7.56. The lowest BCUT2D eigenvalue weighted by molar-refractivity contribution is -0.147. The van der Waals surface area contributed by atoms with E-state index in [1.807, 2.05) is 24.3 Å². The lowest BCUT2D eigenvalue weighted by atomic mass is 9.96. The van der Waals surface area contributed by atoms with E-state index in [-0.39, 0.29) is 11.4 Å². The van der Waals surface area contributed by atoms with Gasteiger partial charge in [-0.05, 0) is 42.9 Å². The Balaban J connectivity index is 1.98. The summed E-state index contributed by atoms with van der Waals surface area (Å²) in [5.41, 5.74) is 7.04. The Labute approximate surface area is 108 Å². The van der Waals surface area contributed by atoms with Crippen molar-refractivity contribution in [2.45, 2.75) is 38.5 Å². The first-order valence-corrected chi connectivity index (χ1v) is 6.58. The number of carbonyl (C=O) groups is 1. The van der Waals surface area contributed by atoms with E-state index < -0.39 is 0 Å². The molecule has 3 heteroatoms. The summed E-state index contributed by atoms with van der Waals surface area (Å²) in [7, 11) is 0. The molecule has 0 aromatic heterocycles. The van der Waals surface area contributed by atoms with Gasteiger partial charge in [0.25, 0.3) is 0 Å². The molecule has 0 aliphatic heterocycles. The van der Waals surface area contributed by atoms with Crippen molar-refractivity contribution in [2.24, 2.45) is 5.92 Å². The van der Waals surface area contributed by atoms with Gasteiger partial charge in [-0.2, -0.15) is 0 Å². The average Bonchev–Trinajstić information content (AvgIpc) is 3.10. The van der Waals surface area contributed by atoms with Gasteiger partial charge in [0.05, 0.1) is 12.0 Å². The Bertz CT molecular complexity index is 419. The molecule has 1 aliphatic carbocycles. The zero-order valence-electron chi connectivity index (χ0n) is 11.1. The van der Waals surface area contributed by atoms with Crippen LogP contribution in [0, 0.1) is 5.92 Å². The van der Waals surface area contributed by atoms with Crippen LogP contribution in [-0.2, 0) is 14.9 Å². The van der Waals surface area contributed by atoms with Gasteiger partial charge in [-0.25, -0.2) is 0 Å². The second-order valence-corrected chi connectivity index (χ2v) is 5.52. The Hall–Kier alpha value is -1.51. The molecule has 0 radical (unpaired) electrons. The minimum atomic E-state index is -0.384. The number of benzene rings is 1. The molecule has 98 valence electrons. The van der Waals surface area contributed by atoms with Gasteiger partial charge in [0.15, 0.2) is 0 Å². The number of nitrogens with two attached hydrogens (primary N) is 1. The third-order valence-corrected chi connectivity index (χ3v) is 3.53. The molecule has 0 amide bonds. The SMILES string of the molecule is CC(C)CCOC(=O)C1(c2ccc(N)cc2)CC1. The van der Waals surface area contributed by atoms with Gasteiger partial charge in [0, 0.05) is 5.69 Å². The van der Waals surface area contributed by atoms with E-state index in [1.54, 1.807) is 0 Å². The number of rotatable bonds is 5. The fraction of sp³-hybridized carbons (Fsp3) is 0.533. The van der Waals surface area contributed by atoms with Crippen LogP contribution in [0.3, 0.4) is 0 Å². The summed E-state index contributed by atoms with van der Waals surface area (Å²) in [6.07, 6.45) is 2.69. The lowest BCUT2D eigenvalue weighted by Gasteiger charge is -2.15. The standard InChI is InChI=1S/C15H21NO2/c1-11(2)7-10-18-14(17)15(8-9-15)12-3-5-13(16)6-4-12/h3-6,11H,7-10,16H2,1-2H3. The predicted octanol–water partition coefficient (Wildman–Crippen LogP) is 2.89. The second kappa shape index (κ2) is 5.01. The zero-order chi connectivity index (χ0) is 13.2. The first-order valence-electron chi connectivity index (χ1n) is 6.58. The molecular weight excluding hydrogens is 226 g/mol. The smallest absolute Gasteiger partial charge is 0.316 e. The predicted molar refractivity (Wildman–Crippen MR) is 72.2 cm³/mol. The summed E-state index contributed by atoms with van der Waals surface area (Å²) >= 11 is 0. The summed E-state index contributed by atoms with van der Waals surface area (Å²) in [4.78, 5) is 12.1. The maximum absolute atomic E-state index is 12.1. The molecule has 0 atom stereocenters. The van der Waals surface area contributed by atoms with E-state index >= 15 is 0 Å². The van der Waals surface area contributed by atoms with Crippen molar-refractivity contribution in [2.75, 3.05) is 12.3 Å². The van der Waals surface area contributed by atoms with Gasteiger partial charge in [-0.1, -0.05) is 26.0 Å². The van der Waals surface area contributed by atoms with Crippen molar-refractivity contribution in [1.82, 2.24) is 0 Å². The molecule has 1 saturated carbocycles.